The van der Waals surface area contributed by atoms with E-state index in [1.165, 1.54) is 19.3 Å². The fourth-order valence-corrected chi connectivity index (χ4v) is 2.63. The highest BCUT2D eigenvalue weighted by molar-refractivity contribution is 5.83. The van der Waals surface area contributed by atoms with E-state index in [9.17, 15) is 9.59 Å². The second-order valence-corrected chi connectivity index (χ2v) is 6.28. The lowest BCUT2D eigenvalue weighted by atomic mass is 9.95. The van der Waals surface area contributed by atoms with Gasteiger partial charge in [-0.25, -0.2) is 0 Å². The number of carbonyl (C=O) groups is 2. The van der Waals surface area contributed by atoms with Crippen LogP contribution in [-0.4, -0.2) is 48.4 Å². The monoisotopic (exact) mass is 281 g/mol. The molecule has 2 rings (SSSR count). The van der Waals surface area contributed by atoms with Crippen LogP contribution in [0.15, 0.2) is 0 Å². The molecule has 2 amide bonds. The first-order chi connectivity index (χ1) is 9.56. The third-order valence-corrected chi connectivity index (χ3v) is 4.33. The Morgan fingerprint density at radius 1 is 1.05 bits per heavy atom. The van der Waals surface area contributed by atoms with Crippen molar-refractivity contribution in [1.29, 1.82) is 0 Å². The Bertz CT molecular complexity index is 349. The zero-order valence-electron chi connectivity index (χ0n) is 12.7. The summed E-state index contributed by atoms with van der Waals surface area (Å²) in [6.07, 6.45) is 8.05. The number of amides is 2. The van der Waals surface area contributed by atoms with E-state index in [1.807, 2.05) is 18.9 Å². The molecule has 0 bridgehead atoms. The SMILES string of the molecule is C[C@@H](C(=O)NC1CCCCC1)N(C)CC(=O)NC1CC1. The van der Waals surface area contributed by atoms with Crippen LogP contribution in [0.25, 0.3) is 0 Å². The van der Waals surface area contributed by atoms with Gasteiger partial charge in [0, 0.05) is 12.1 Å². The number of likely N-dealkylation sites (N-methyl/N-ethyl adjacent to an activating group) is 1. The molecule has 0 aromatic carbocycles. The molecule has 0 spiro atoms. The summed E-state index contributed by atoms with van der Waals surface area (Å²) >= 11 is 0. The minimum Gasteiger partial charge on any atom is -0.352 e. The number of rotatable bonds is 6. The van der Waals surface area contributed by atoms with Gasteiger partial charge in [0.25, 0.3) is 0 Å². The molecule has 2 N–H and O–H groups in total. The van der Waals surface area contributed by atoms with Crippen molar-refractivity contribution in [3.8, 4) is 0 Å². The smallest absolute Gasteiger partial charge is 0.237 e. The van der Waals surface area contributed by atoms with Gasteiger partial charge in [-0.3, -0.25) is 14.5 Å². The van der Waals surface area contributed by atoms with Crippen molar-refractivity contribution >= 4 is 11.8 Å². The molecule has 2 saturated carbocycles. The summed E-state index contributed by atoms with van der Waals surface area (Å²) in [7, 11) is 1.83. The van der Waals surface area contributed by atoms with Gasteiger partial charge in [-0.2, -0.15) is 0 Å². The van der Waals surface area contributed by atoms with Crippen molar-refractivity contribution < 1.29 is 9.59 Å². The zero-order valence-corrected chi connectivity index (χ0v) is 12.7. The van der Waals surface area contributed by atoms with E-state index in [0.717, 1.165) is 25.7 Å². The first kappa shape index (κ1) is 15.3. The molecule has 1 atom stereocenters. The fraction of sp³-hybridized carbons (Fsp3) is 0.867. The number of hydrogen-bond acceptors (Lipinski definition) is 3. The van der Waals surface area contributed by atoms with Gasteiger partial charge in [-0.1, -0.05) is 19.3 Å². The van der Waals surface area contributed by atoms with Crippen molar-refractivity contribution in [2.24, 2.45) is 0 Å². The Labute approximate surface area is 121 Å². The topological polar surface area (TPSA) is 61.4 Å². The normalized spacial score (nSPS) is 21.6. The van der Waals surface area contributed by atoms with Crippen molar-refractivity contribution in [2.75, 3.05) is 13.6 Å². The molecule has 0 aromatic rings. The van der Waals surface area contributed by atoms with Crippen LogP contribution in [0.4, 0.5) is 0 Å². The maximum absolute atomic E-state index is 12.2. The van der Waals surface area contributed by atoms with Crippen LogP contribution in [0.5, 0.6) is 0 Å². The molecule has 0 aliphatic heterocycles. The van der Waals surface area contributed by atoms with Crippen molar-refractivity contribution in [2.45, 2.75) is 70.0 Å². The van der Waals surface area contributed by atoms with Crippen LogP contribution in [-0.2, 0) is 9.59 Å². The molecule has 5 heteroatoms. The van der Waals surface area contributed by atoms with Crippen molar-refractivity contribution in [3.05, 3.63) is 0 Å². The number of nitrogens with one attached hydrogen (secondary N) is 2. The van der Waals surface area contributed by atoms with E-state index in [-0.39, 0.29) is 24.4 Å². The largest absolute Gasteiger partial charge is 0.352 e. The molecular weight excluding hydrogens is 254 g/mol. The molecule has 0 saturated heterocycles. The third kappa shape index (κ3) is 4.78. The van der Waals surface area contributed by atoms with Gasteiger partial charge in [-0.05, 0) is 39.7 Å². The van der Waals surface area contributed by atoms with Crippen molar-refractivity contribution in [1.82, 2.24) is 15.5 Å². The highest BCUT2D eigenvalue weighted by Gasteiger charge is 2.26. The Kier molecular flexibility index (Phi) is 5.40. The molecule has 2 aliphatic carbocycles. The zero-order chi connectivity index (χ0) is 14.5. The van der Waals surface area contributed by atoms with E-state index in [1.54, 1.807) is 0 Å². The van der Waals surface area contributed by atoms with E-state index < -0.39 is 0 Å². The minimum atomic E-state index is -0.262. The fourth-order valence-electron chi connectivity index (χ4n) is 2.63. The second-order valence-electron chi connectivity index (χ2n) is 6.28. The maximum Gasteiger partial charge on any atom is 0.237 e. The van der Waals surface area contributed by atoms with Crippen LogP contribution in [0, 0.1) is 0 Å². The molecule has 0 heterocycles. The Hall–Kier alpha value is -1.10. The van der Waals surface area contributed by atoms with Gasteiger partial charge >= 0.3 is 0 Å². The lowest BCUT2D eigenvalue weighted by Gasteiger charge is -2.28. The average Bonchev–Trinajstić information content (AvgIpc) is 3.22. The summed E-state index contributed by atoms with van der Waals surface area (Å²) in [5, 5.41) is 6.06. The Morgan fingerprint density at radius 3 is 2.25 bits per heavy atom. The molecule has 114 valence electrons. The number of nitrogens with zero attached hydrogens (tertiary/aromatic N) is 1. The summed E-state index contributed by atoms with van der Waals surface area (Å²) in [6, 6.07) is 0.441. The van der Waals surface area contributed by atoms with Crippen molar-refractivity contribution in [3.63, 3.8) is 0 Å². The molecule has 2 aliphatic rings. The maximum atomic E-state index is 12.2. The molecule has 0 unspecified atom stereocenters. The second kappa shape index (κ2) is 7.07. The van der Waals surface area contributed by atoms with Gasteiger partial charge in [0.15, 0.2) is 0 Å². The summed E-state index contributed by atoms with van der Waals surface area (Å²) in [6.45, 7) is 2.15. The number of carbonyl (C=O) groups excluding carboxylic acids is 2. The van der Waals surface area contributed by atoms with Crippen LogP contribution in [0.3, 0.4) is 0 Å². The van der Waals surface area contributed by atoms with Crippen LogP contribution >= 0.6 is 0 Å². The lowest BCUT2D eigenvalue weighted by molar-refractivity contribution is -0.128. The number of hydrogen-bond donors (Lipinski definition) is 2. The summed E-state index contributed by atoms with van der Waals surface area (Å²) in [5.74, 6) is 0.0611. The van der Waals surface area contributed by atoms with E-state index in [4.69, 9.17) is 0 Å². The van der Waals surface area contributed by atoms with Gasteiger partial charge in [0.1, 0.15) is 0 Å². The van der Waals surface area contributed by atoms with Crippen LogP contribution < -0.4 is 10.6 Å². The Morgan fingerprint density at radius 2 is 1.65 bits per heavy atom. The average molecular weight is 281 g/mol. The molecule has 20 heavy (non-hydrogen) atoms. The summed E-state index contributed by atoms with van der Waals surface area (Å²) < 4.78 is 0. The lowest BCUT2D eigenvalue weighted by Crippen LogP contribution is -2.49. The predicted octanol–water partition coefficient (Wildman–Crippen LogP) is 1.03. The van der Waals surface area contributed by atoms with E-state index >= 15 is 0 Å². The quantitative estimate of drug-likeness (QED) is 0.764. The summed E-state index contributed by atoms with van der Waals surface area (Å²) in [5.41, 5.74) is 0. The van der Waals surface area contributed by atoms with Gasteiger partial charge in [-0.15, -0.1) is 0 Å². The molecular formula is C15H27N3O2. The summed E-state index contributed by atoms with van der Waals surface area (Å²) in [4.78, 5) is 25.7. The van der Waals surface area contributed by atoms with E-state index in [2.05, 4.69) is 10.6 Å². The molecule has 5 nitrogen and oxygen atoms in total. The first-order valence-electron chi connectivity index (χ1n) is 7.86. The minimum absolute atomic E-state index is 0.0207. The van der Waals surface area contributed by atoms with Gasteiger partial charge in [0.2, 0.25) is 11.8 Å². The van der Waals surface area contributed by atoms with Gasteiger partial charge in [0.05, 0.1) is 12.6 Å². The molecule has 0 radical (unpaired) electrons. The highest BCUT2D eigenvalue weighted by atomic mass is 16.2. The predicted molar refractivity (Wildman–Crippen MR) is 78.3 cm³/mol. The van der Waals surface area contributed by atoms with Crippen LogP contribution in [0.2, 0.25) is 0 Å². The van der Waals surface area contributed by atoms with E-state index in [0.29, 0.717) is 12.1 Å². The molecule has 2 fully saturated rings. The standard InChI is InChI=1S/C15H27N3O2/c1-11(15(20)17-12-6-4-3-5-7-12)18(2)10-14(19)16-13-8-9-13/h11-13H,3-10H2,1-2H3,(H,16,19)(H,17,20)/t11-/m0/s1. The first-order valence-corrected chi connectivity index (χ1v) is 7.86. The third-order valence-electron chi connectivity index (χ3n) is 4.33. The Balaban J connectivity index is 1.71. The highest BCUT2D eigenvalue weighted by Crippen LogP contribution is 2.19. The van der Waals surface area contributed by atoms with Gasteiger partial charge < -0.3 is 10.6 Å². The molecule has 0 aromatic heterocycles. The van der Waals surface area contributed by atoms with Crippen LogP contribution in [0.1, 0.15) is 51.9 Å².